The quantitative estimate of drug-likeness (QED) is 0.739. The van der Waals surface area contributed by atoms with E-state index in [9.17, 15) is 9.90 Å². The highest BCUT2D eigenvalue weighted by Crippen LogP contribution is 2.33. The summed E-state index contributed by atoms with van der Waals surface area (Å²) in [5.74, 6) is 0. The van der Waals surface area contributed by atoms with Crippen LogP contribution in [0.15, 0.2) is 53.7 Å². The third kappa shape index (κ3) is 3.13. The van der Waals surface area contributed by atoms with Gasteiger partial charge in [0.2, 0.25) is 0 Å². The third-order valence-corrected chi connectivity index (χ3v) is 4.20. The first-order valence-corrected chi connectivity index (χ1v) is 8.17. The minimum atomic E-state index is -1.07. The highest BCUT2D eigenvalue weighted by Gasteiger charge is 2.32. The van der Waals surface area contributed by atoms with E-state index in [-0.39, 0.29) is 6.03 Å². The first-order valence-electron chi connectivity index (χ1n) is 8.17. The fourth-order valence-electron chi connectivity index (χ4n) is 3.10. The largest absolute Gasteiger partial charge is 0.364 e. The van der Waals surface area contributed by atoms with E-state index in [0.29, 0.717) is 17.9 Å². The van der Waals surface area contributed by atoms with Gasteiger partial charge in [-0.1, -0.05) is 49.4 Å². The second-order valence-electron chi connectivity index (χ2n) is 5.90. The highest BCUT2D eigenvalue weighted by molar-refractivity contribution is 5.88. The maximum atomic E-state index is 12.0. The number of nitrogens with one attached hydrogen (secondary N) is 2. The predicted molar refractivity (Wildman–Crippen MR) is 93.3 cm³/mol. The van der Waals surface area contributed by atoms with Crippen LogP contribution >= 0.6 is 0 Å². The molecule has 24 heavy (non-hydrogen) atoms. The lowest BCUT2D eigenvalue weighted by Crippen LogP contribution is -2.46. The van der Waals surface area contributed by atoms with E-state index in [1.807, 2.05) is 49.4 Å². The molecule has 2 aromatic rings. The molecule has 3 rings (SSSR count). The zero-order valence-corrected chi connectivity index (χ0v) is 13.9. The zero-order valence-electron chi connectivity index (χ0n) is 13.9. The molecule has 126 valence electrons. The lowest BCUT2D eigenvalue weighted by atomic mass is 9.91. The van der Waals surface area contributed by atoms with E-state index in [1.54, 1.807) is 6.92 Å². The van der Waals surface area contributed by atoms with Gasteiger partial charge in [-0.2, -0.15) is 0 Å². The Morgan fingerprint density at radius 1 is 1.21 bits per heavy atom. The van der Waals surface area contributed by atoms with Crippen LogP contribution in [0.5, 0.6) is 0 Å². The summed E-state index contributed by atoms with van der Waals surface area (Å²) in [5.41, 5.74) is 2.20. The molecule has 0 saturated carbocycles. The number of amides is 2. The number of benzene rings is 2. The molecule has 0 fully saturated rings. The summed E-state index contributed by atoms with van der Waals surface area (Å²) in [4.78, 5) is 12.0. The molecule has 2 atom stereocenters. The van der Waals surface area contributed by atoms with Crippen LogP contribution in [0.4, 0.5) is 4.79 Å². The molecule has 0 saturated heterocycles. The van der Waals surface area contributed by atoms with Gasteiger partial charge >= 0.3 is 6.03 Å². The molecule has 0 aromatic heterocycles. The normalized spacial score (nSPS) is 19.1. The van der Waals surface area contributed by atoms with Crippen LogP contribution in [0, 0.1) is 0 Å². The average molecular weight is 326 g/mol. The molecule has 2 aromatic carbocycles. The van der Waals surface area contributed by atoms with Gasteiger partial charge < -0.3 is 20.5 Å². The third-order valence-electron chi connectivity index (χ3n) is 4.20. The molecule has 1 heterocycles. The highest BCUT2D eigenvalue weighted by atomic mass is 16.6. The number of allylic oxidation sites excluding steroid dienone is 1. The minimum absolute atomic E-state index is 0.281. The Hall–Kier alpha value is -2.37. The predicted octanol–water partition coefficient (Wildman–Crippen LogP) is 3.21. The lowest BCUT2D eigenvalue weighted by molar-refractivity contribution is -0.0768. The first kappa shape index (κ1) is 16.5. The van der Waals surface area contributed by atoms with Crippen molar-refractivity contribution < 1.29 is 14.6 Å². The van der Waals surface area contributed by atoms with Crippen molar-refractivity contribution in [2.24, 2.45) is 0 Å². The molecule has 5 heteroatoms. The Morgan fingerprint density at radius 2 is 1.96 bits per heavy atom. The van der Waals surface area contributed by atoms with E-state index in [4.69, 9.17) is 4.74 Å². The van der Waals surface area contributed by atoms with Crippen LogP contribution in [0.25, 0.3) is 10.8 Å². The van der Waals surface area contributed by atoms with Crippen molar-refractivity contribution >= 4 is 16.8 Å². The number of hydrogen-bond donors (Lipinski definition) is 3. The van der Waals surface area contributed by atoms with Crippen molar-refractivity contribution in [1.29, 1.82) is 0 Å². The summed E-state index contributed by atoms with van der Waals surface area (Å²) >= 11 is 0. The molecule has 5 nitrogen and oxygen atoms in total. The summed E-state index contributed by atoms with van der Waals surface area (Å²) in [6, 6.07) is 13.2. The number of carbonyl (C=O) groups is 1. The number of rotatable bonds is 5. The van der Waals surface area contributed by atoms with Crippen molar-refractivity contribution in [3.8, 4) is 0 Å². The van der Waals surface area contributed by atoms with Crippen LogP contribution in [0.2, 0.25) is 0 Å². The SMILES string of the molecule is CCCOC(O)C1=C(C)NC(=O)NC1c1cccc2ccccc12. The summed E-state index contributed by atoms with van der Waals surface area (Å²) in [6.45, 7) is 4.22. The van der Waals surface area contributed by atoms with E-state index < -0.39 is 12.3 Å². The van der Waals surface area contributed by atoms with Gasteiger partial charge in [-0.15, -0.1) is 0 Å². The van der Waals surface area contributed by atoms with Gasteiger partial charge in [-0.25, -0.2) is 4.79 Å². The number of fused-ring (bicyclic) bond motifs is 1. The molecule has 0 bridgehead atoms. The molecule has 2 unspecified atom stereocenters. The van der Waals surface area contributed by atoms with Gasteiger partial charge in [0.25, 0.3) is 0 Å². The summed E-state index contributed by atoms with van der Waals surface area (Å²) < 4.78 is 5.51. The summed E-state index contributed by atoms with van der Waals surface area (Å²) in [6.07, 6.45) is -0.260. The number of aliphatic hydroxyl groups excluding tert-OH is 1. The van der Waals surface area contributed by atoms with Crippen molar-refractivity contribution in [3.05, 3.63) is 59.3 Å². The van der Waals surface area contributed by atoms with E-state index >= 15 is 0 Å². The molecular weight excluding hydrogens is 304 g/mol. The Bertz CT molecular complexity index is 780. The van der Waals surface area contributed by atoms with Gasteiger partial charge in [-0.3, -0.25) is 0 Å². The molecule has 0 radical (unpaired) electrons. The molecule has 0 spiro atoms. The second kappa shape index (κ2) is 7.03. The Labute approximate surface area is 141 Å². The van der Waals surface area contributed by atoms with Gasteiger partial charge in [0, 0.05) is 17.9 Å². The van der Waals surface area contributed by atoms with Gasteiger partial charge in [0.15, 0.2) is 6.29 Å². The van der Waals surface area contributed by atoms with Crippen LogP contribution in [0.1, 0.15) is 31.9 Å². The number of ether oxygens (including phenoxy) is 1. The maximum absolute atomic E-state index is 12.0. The average Bonchev–Trinajstić information content (AvgIpc) is 2.58. The molecule has 2 amide bonds. The fourth-order valence-corrected chi connectivity index (χ4v) is 3.10. The number of urea groups is 1. The van der Waals surface area contributed by atoms with Crippen LogP contribution < -0.4 is 10.6 Å². The Balaban J connectivity index is 2.08. The van der Waals surface area contributed by atoms with Gasteiger partial charge in [-0.05, 0) is 29.7 Å². The molecule has 1 aliphatic heterocycles. The van der Waals surface area contributed by atoms with E-state index in [0.717, 1.165) is 22.8 Å². The minimum Gasteiger partial charge on any atom is -0.364 e. The van der Waals surface area contributed by atoms with Crippen molar-refractivity contribution in [3.63, 3.8) is 0 Å². The van der Waals surface area contributed by atoms with Crippen molar-refractivity contribution in [2.75, 3.05) is 6.61 Å². The Morgan fingerprint density at radius 3 is 2.75 bits per heavy atom. The monoisotopic (exact) mass is 326 g/mol. The van der Waals surface area contributed by atoms with Gasteiger partial charge in [0.05, 0.1) is 6.04 Å². The first-order chi connectivity index (χ1) is 11.6. The van der Waals surface area contributed by atoms with Crippen LogP contribution in [-0.4, -0.2) is 24.0 Å². The topological polar surface area (TPSA) is 70.6 Å². The standard InChI is InChI=1S/C19H22N2O3/c1-3-11-24-18(22)16-12(2)20-19(23)21-17(16)15-10-6-8-13-7-4-5-9-14(13)15/h4-10,17-18,22H,3,11H2,1-2H3,(H2,20,21,23). The van der Waals surface area contributed by atoms with Crippen LogP contribution in [-0.2, 0) is 4.74 Å². The van der Waals surface area contributed by atoms with E-state index in [1.165, 1.54) is 0 Å². The fraction of sp³-hybridized carbons (Fsp3) is 0.316. The van der Waals surface area contributed by atoms with E-state index in [2.05, 4.69) is 10.6 Å². The lowest BCUT2D eigenvalue weighted by Gasteiger charge is -2.32. The second-order valence-corrected chi connectivity index (χ2v) is 5.90. The maximum Gasteiger partial charge on any atom is 0.319 e. The van der Waals surface area contributed by atoms with Crippen molar-refractivity contribution in [1.82, 2.24) is 10.6 Å². The molecule has 1 aliphatic rings. The number of hydrogen-bond acceptors (Lipinski definition) is 3. The molecule has 3 N–H and O–H groups in total. The van der Waals surface area contributed by atoms with Crippen LogP contribution in [0.3, 0.4) is 0 Å². The number of aliphatic hydroxyl groups is 1. The zero-order chi connectivity index (χ0) is 17.1. The summed E-state index contributed by atoms with van der Waals surface area (Å²) in [5, 5.41) is 18.3. The molecule has 0 aliphatic carbocycles. The summed E-state index contributed by atoms with van der Waals surface area (Å²) in [7, 11) is 0. The van der Waals surface area contributed by atoms with Crippen molar-refractivity contribution in [2.45, 2.75) is 32.6 Å². The van der Waals surface area contributed by atoms with Gasteiger partial charge in [0.1, 0.15) is 0 Å². The number of carbonyl (C=O) groups excluding carboxylic acids is 1. The Kier molecular flexibility index (Phi) is 4.83. The molecular formula is C19H22N2O3. The smallest absolute Gasteiger partial charge is 0.319 e.